The number of aryl methyl sites for hydroxylation is 1. The number of benzene rings is 1. The first-order chi connectivity index (χ1) is 11.0. The van der Waals surface area contributed by atoms with Crippen molar-refractivity contribution in [3.63, 3.8) is 0 Å². The number of rotatable bonds is 6. The molecule has 0 aromatic heterocycles. The van der Waals surface area contributed by atoms with E-state index in [4.69, 9.17) is 4.74 Å². The van der Waals surface area contributed by atoms with Crippen molar-refractivity contribution < 1.29 is 19.1 Å². The van der Waals surface area contributed by atoms with Crippen LogP contribution < -0.4 is 0 Å². The van der Waals surface area contributed by atoms with Crippen molar-refractivity contribution in [2.45, 2.75) is 26.7 Å². The van der Waals surface area contributed by atoms with Gasteiger partial charge in [0.15, 0.2) is 6.73 Å². The first kappa shape index (κ1) is 17.1. The molecule has 1 heterocycles. The zero-order valence-electron chi connectivity index (χ0n) is 13.6. The van der Waals surface area contributed by atoms with Crippen molar-refractivity contribution in [2.24, 2.45) is 0 Å². The molecule has 0 saturated carbocycles. The first-order valence-electron chi connectivity index (χ1n) is 7.80. The van der Waals surface area contributed by atoms with Crippen LogP contribution in [0.2, 0.25) is 0 Å². The number of imide groups is 1. The molecule has 0 unspecified atom stereocenters. The first-order valence-corrected chi connectivity index (χ1v) is 7.80. The van der Waals surface area contributed by atoms with Gasteiger partial charge in [-0.1, -0.05) is 31.0 Å². The molecule has 0 spiro atoms. The molecule has 2 rings (SSSR count). The van der Waals surface area contributed by atoms with Gasteiger partial charge in [-0.05, 0) is 32.0 Å². The standard InChI is InChI=1S/C17H22N2O4/c1-3-4-8-18-10-15(20)19(16(21)11-18)12-23-17(22)14-7-5-6-13(2)9-14/h5-7,9H,3-4,8,10-12H2,1-2H3. The number of amides is 2. The van der Waals surface area contributed by atoms with Crippen molar-refractivity contribution in [1.82, 2.24) is 9.80 Å². The summed E-state index contributed by atoms with van der Waals surface area (Å²) in [7, 11) is 0. The highest BCUT2D eigenvalue weighted by Crippen LogP contribution is 2.09. The van der Waals surface area contributed by atoms with Crippen LogP contribution in [0.15, 0.2) is 24.3 Å². The number of nitrogens with zero attached hydrogens (tertiary/aromatic N) is 2. The average molecular weight is 318 g/mol. The van der Waals surface area contributed by atoms with E-state index in [1.165, 1.54) is 0 Å². The Balaban J connectivity index is 1.89. The van der Waals surface area contributed by atoms with Crippen molar-refractivity contribution in [3.8, 4) is 0 Å². The van der Waals surface area contributed by atoms with Gasteiger partial charge in [0.25, 0.3) is 0 Å². The summed E-state index contributed by atoms with van der Waals surface area (Å²) in [6, 6.07) is 6.98. The second kappa shape index (κ2) is 7.87. The van der Waals surface area contributed by atoms with Crippen LogP contribution in [-0.4, -0.2) is 53.9 Å². The van der Waals surface area contributed by atoms with E-state index >= 15 is 0 Å². The number of hydrogen-bond acceptors (Lipinski definition) is 5. The maximum absolute atomic E-state index is 12.1. The lowest BCUT2D eigenvalue weighted by atomic mass is 10.1. The van der Waals surface area contributed by atoms with Crippen LogP contribution in [0.3, 0.4) is 0 Å². The van der Waals surface area contributed by atoms with Gasteiger partial charge in [0.2, 0.25) is 11.8 Å². The van der Waals surface area contributed by atoms with Crippen molar-refractivity contribution in [2.75, 3.05) is 26.4 Å². The minimum absolute atomic E-state index is 0.188. The van der Waals surface area contributed by atoms with Gasteiger partial charge in [0.05, 0.1) is 18.7 Å². The number of unbranched alkanes of at least 4 members (excludes halogenated alkanes) is 1. The van der Waals surface area contributed by atoms with Crippen LogP contribution in [0.5, 0.6) is 0 Å². The molecule has 23 heavy (non-hydrogen) atoms. The summed E-state index contributed by atoms with van der Waals surface area (Å²) in [6.45, 7) is 4.71. The Kier molecular flexibility index (Phi) is 5.87. The summed E-state index contributed by atoms with van der Waals surface area (Å²) < 4.78 is 5.11. The lowest BCUT2D eigenvalue weighted by Crippen LogP contribution is -2.54. The number of carbonyl (C=O) groups is 3. The molecule has 2 amide bonds. The van der Waals surface area contributed by atoms with Gasteiger partial charge in [0, 0.05) is 0 Å². The predicted octanol–water partition coefficient (Wildman–Crippen LogP) is 1.58. The Hall–Kier alpha value is -2.21. The number of hydrogen-bond donors (Lipinski definition) is 0. The van der Waals surface area contributed by atoms with Gasteiger partial charge in [0.1, 0.15) is 0 Å². The Bertz CT molecular complexity index is 582. The topological polar surface area (TPSA) is 66.9 Å². The van der Waals surface area contributed by atoms with Gasteiger partial charge in [-0.15, -0.1) is 0 Å². The minimum Gasteiger partial charge on any atom is -0.440 e. The molecule has 1 aliphatic heterocycles. The maximum Gasteiger partial charge on any atom is 0.339 e. The highest BCUT2D eigenvalue weighted by molar-refractivity contribution is 5.99. The molecule has 1 aromatic rings. The van der Waals surface area contributed by atoms with Crippen molar-refractivity contribution in [1.29, 1.82) is 0 Å². The van der Waals surface area contributed by atoms with E-state index in [0.29, 0.717) is 5.56 Å². The van der Waals surface area contributed by atoms with Crippen molar-refractivity contribution in [3.05, 3.63) is 35.4 Å². The average Bonchev–Trinajstić information content (AvgIpc) is 2.51. The quantitative estimate of drug-likeness (QED) is 0.588. The number of carbonyl (C=O) groups excluding carboxylic acids is 3. The fourth-order valence-corrected chi connectivity index (χ4v) is 2.41. The van der Waals surface area contributed by atoms with E-state index in [1.54, 1.807) is 18.2 Å². The molecule has 0 aliphatic carbocycles. The Labute approximate surface area is 136 Å². The third-order valence-electron chi connectivity index (χ3n) is 3.73. The lowest BCUT2D eigenvalue weighted by molar-refractivity contribution is -0.155. The molecule has 1 saturated heterocycles. The summed E-state index contributed by atoms with van der Waals surface area (Å²) in [5, 5.41) is 0. The minimum atomic E-state index is -0.539. The largest absolute Gasteiger partial charge is 0.440 e. The SMILES string of the molecule is CCCCN1CC(=O)N(COC(=O)c2cccc(C)c2)C(=O)C1. The fourth-order valence-electron chi connectivity index (χ4n) is 2.41. The zero-order chi connectivity index (χ0) is 16.8. The summed E-state index contributed by atoms with van der Waals surface area (Å²) in [5.74, 6) is -1.19. The van der Waals surface area contributed by atoms with E-state index in [0.717, 1.165) is 29.8 Å². The van der Waals surface area contributed by atoms with Crippen LogP contribution in [0, 0.1) is 6.92 Å². The molecule has 0 N–H and O–H groups in total. The Morgan fingerprint density at radius 1 is 1.22 bits per heavy atom. The molecule has 1 aliphatic rings. The molecule has 1 fully saturated rings. The molecule has 6 heteroatoms. The second-order valence-electron chi connectivity index (χ2n) is 5.71. The molecule has 0 atom stereocenters. The molecule has 6 nitrogen and oxygen atoms in total. The third kappa shape index (κ3) is 4.63. The second-order valence-corrected chi connectivity index (χ2v) is 5.71. The Morgan fingerprint density at radius 2 is 1.91 bits per heavy atom. The number of esters is 1. The van der Waals surface area contributed by atoms with Crippen LogP contribution in [0.1, 0.15) is 35.7 Å². The van der Waals surface area contributed by atoms with Gasteiger partial charge < -0.3 is 4.74 Å². The van der Waals surface area contributed by atoms with Crippen LogP contribution in [0.25, 0.3) is 0 Å². The fraction of sp³-hybridized carbons (Fsp3) is 0.471. The highest BCUT2D eigenvalue weighted by atomic mass is 16.5. The summed E-state index contributed by atoms with van der Waals surface area (Å²) >= 11 is 0. The lowest BCUT2D eigenvalue weighted by Gasteiger charge is -2.32. The van der Waals surface area contributed by atoms with Gasteiger partial charge >= 0.3 is 5.97 Å². The Morgan fingerprint density at radius 3 is 2.52 bits per heavy atom. The van der Waals surface area contributed by atoms with Crippen LogP contribution >= 0.6 is 0 Å². The number of piperazine rings is 1. The third-order valence-corrected chi connectivity index (χ3v) is 3.73. The predicted molar refractivity (Wildman–Crippen MR) is 84.7 cm³/mol. The van der Waals surface area contributed by atoms with E-state index in [1.807, 2.05) is 17.9 Å². The molecule has 124 valence electrons. The number of ether oxygens (including phenoxy) is 1. The van der Waals surface area contributed by atoms with E-state index in [-0.39, 0.29) is 31.6 Å². The molecule has 0 radical (unpaired) electrons. The molecular weight excluding hydrogens is 296 g/mol. The van der Waals surface area contributed by atoms with E-state index in [2.05, 4.69) is 6.92 Å². The maximum atomic E-state index is 12.1. The van der Waals surface area contributed by atoms with E-state index < -0.39 is 5.97 Å². The summed E-state index contributed by atoms with van der Waals surface area (Å²) in [5.41, 5.74) is 1.35. The molecular formula is C17H22N2O4. The molecule has 0 bridgehead atoms. The van der Waals surface area contributed by atoms with Gasteiger partial charge in [-0.3, -0.25) is 14.5 Å². The summed E-state index contributed by atoms with van der Waals surface area (Å²) in [4.78, 5) is 38.9. The van der Waals surface area contributed by atoms with Gasteiger partial charge in [-0.2, -0.15) is 0 Å². The van der Waals surface area contributed by atoms with Gasteiger partial charge in [-0.25, -0.2) is 9.69 Å². The zero-order valence-corrected chi connectivity index (χ0v) is 13.6. The van der Waals surface area contributed by atoms with Crippen LogP contribution in [-0.2, 0) is 14.3 Å². The van der Waals surface area contributed by atoms with Crippen LogP contribution in [0.4, 0.5) is 0 Å². The normalized spacial score (nSPS) is 15.8. The van der Waals surface area contributed by atoms with E-state index in [9.17, 15) is 14.4 Å². The monoisotopic (exact) mass is 318 g/mol. The van der Waals surface area contributed by atoms with Crippen molar-refractivity contribution >= 4 is 17.8 Å². The molecule has 1 aromatic carbocycles. The summed E-state index contributed by atoms with van der Waals surface area (Å²) in [6.07, 6.45) is 1.96. The highest BCUT2D eigenvalue weighted by Gasteiger charge is 2.31. The smallest absolute Gasteiger partial charge is 0.339 e.